The molecule has 1 aliphatic rings. The topological polar surface area (TPSA) is 18.5 Å². The van der Waals surface area contributed by atoms with E-state index in [0.29, 0.717) is 13.2 Å². The van der Waals surface area contributed by atoms with Crippen molar-refractivity contribution in [2.45, 2.75) is 5.75 Å². The van der Waals surface area contributed by atoms with Gasteiger partial charge in [-0.2, -0.15) is 0 Å². The van der Waals surface area contributed by atoms with E-state index in [1.165, 1.54) is 0 Å². The fourth-order valence-electron chi connectivity index (χ4n) is 0.330. The molecule has 0 aromatic rings. The van der Waals surface area contributed by atoms with E-state index >= 15 is 0 Å². The predicted molar refractivity (Wildman–Crippen MR) is 21.5 cm³/mol. The van der Waals surface area contributed by atoms with Crippen LogP contribution in [0, 0.1) is 0 Å². The SMILES string of the molecule is ClC1OCCO1. The molecule has 0 aromatic heterocycles. The van der Waals surface area contributed by atoms with Crippen molar-refractivity contribution < 1.29 is 9.47 Å². The molecule has 3 heteroatoms. The number of hydrogen-bond donors (Lipinski definition) is 0. The zero-order valence-electron chi connectivity index (χ0n) is 3.19. The van der Waals surface area contributed by atoms with Crippen LogP contribution >= 0.6 is 11.6 Å². The molecule has 2 nitrogen and oxygen atoms in total. The fraction of sp³-hybridized carbons (Fsp3) is 1.00. The number of alkyl halides is 1. The molecule has 6 heavy (non-hydrogen) atoms. The summed E-state index contributed by atoms with van der Waals surface area (Å²) in [4.78, 5) is 0. The Labute approximate surface area is 41.0 Å². The Morgan fingerprint density at radius 3 is 2.00 bits per heavy atom. The van der Waals surface area contributed by atoms with Crippen LogP contribution in [0.25, 0.3) is 0 Å². The quantitative estimate of drug-likeness (QED) is 0.422. The first kappa shape index (κ1) is 4.37. The van der Waals surface area contributed by atoms with E-state index in [4.69, 9.17) is 21.1 Å². The first-order valence-corrected chi connectivity index (χ1v) is 2.20. The molecule has 0 bridgehead atoms. The maximum Gasteiger partial charge on any atom is 0.237 e. The number of ether oxygens (including phenoxy) is 2. The van der Waals surface area contributed by atoms with Crippen LogP contribution in [0.4, 0.5) is 0 Å². The molecule has 1 rings (SSSR count). The molecule has 0 aliphatic carbocycles. The largest absolute Gasteiger partial charge is 0.337 e. The molecule has 0 N–H and O–H groups in total. The van der Waals surface area contributed by atoms with Crippen LogP contribution in [0.2, 0.25) is 0 Å². The third kappa shape index (κ3) is 0.834. The van der Waals surface area contributed by atoms with E-state index in [2.05, 4.69) is 0 Å². The number of hydrogen-bond acceptors (Lipinski definition) is 2. The molecule has 36 valence electrons. The van der Waals surface area contributed by atoms with Gasteiger partial charge in [0.1, 0.15) is 0 Å². The van der Waals surface area contributed by atoms with Crippen LogP contribution < -0.4 is 0 Å². The highest BCUT2D eigenvalue weighted by Gasteiger charge is 2.09. The van der Waals surface area contributed by atoms with Crippen molar-refractivity contribution in [1.29, 1.82) is 0 Å². The van der Waals surface area contributed by atoms with Gasteiger partial charge in [-0.05, 0) is 0 Å². The smallest absolute Gasteiger partial charge is 0.237 e. The molecule has 0 atom stereocenters. The van der Waals surface area contributed by atoms with E-state index in [9.17, 15) is 0 Å². The minimum atomic E-state index is -0.481. The first-order chi connectivity index (χ1) is 2.89. The Balaban J connectivity index is 2.18. The minimum absolute atomic E-state index is 0.481. The van der Waals surface area contributed by atoms with Crippen molar-refractivity contribution in [2.75, 3.05) is 13.2 Å². The van der Waals surface area contributed by atoms with Gasteiger partial charge in [-0.3, -0.25) is 0 Å². The van der Waals surface area contributed by atoms with Crippen LogP contribution in [-0.2, 0) is 9.47 Å². The van der Waals surface area contributed by atoms with Crippen LogP contribution in [0.15, 0.2) is 0 Å². The Bertz CT molecular complexity index is 42.1. The third-order valence-corrected chi connectivity index (χ3v) is 0.833. The summed E-state index contributed by atoms with van der Waals surface area (Å²) >= 11 is 5.27. The highest BCUT2D eigenvalue weighted by molar-refractivity contribution is 6.18. The van der Waals surface area contributed by atoms with Gasteiger partial charge in [-0.25, -0.2) is 0 Å². The number of halogens is 1. The standard InChI is InChI=1S/C3H5ClO2/c4-3-5-1-2-6-3/h3H,1-2H2. The Morgan fingerprint density at radius 1 is 1.33 bits per heavy atom. The van der Waals surface area contributed by atoms with Gasteiger partial charge in [0.2, 0.25) is 5.75 Å². The van der Waals surface area contributed by atoms with Crippen molar-refractivity contribution in [3.63, 3.8) is 0 Å². The lowest BCUT2D eigenvalue weighted by Gasteiger charge is -1.91. The average molecular weight is 109 g/mol. The molecular weight excluding hydrogens is 103 g/mol. The summed E-state index contributed by atoms with van der Waals surface area (Å²) < 4.78 is 9.39. The van der Waals surface area contributed by atoms with Crippen LogP contribution in [0.3, 0.4) is 0 Å². The zero-order chi connectivity index (χ0) is 4.41. The maximum atomic E-state index is 5.27. The molecule has 0 amide bonds. The molecule has 0 saturated carbocycles. The Kier molecular flexibility index (Phi) is 1.29. The van der Waals surface area contributed by atoms with E-state index in [1.807, 2.05) is 0 Å². The van der Waals surface area contributed by atoms with Crippen molar-refractivity contribution in [3.05, 3.63) is 0 Å². The molecule has 1 heterocycles. The second-order valence-corrected chi connectivity index (χ2v) is 1.37. The van der Waals surface area contributed by atoms with Gasteiger partial charge in [0, 0.05) is 0 Å². The van der Waals surface area contributed by atoms with E-state index in [1.54, 1.807) is 0 Å². The van der Waals surface area contributed by atoms with Crippen LogP contribution in [0.5, 0.6) is 0 Å². The molecule has 0 spiro atoms. The molecule has 0 unspecified atom stereocenters. The van der Waals surface area contributed by atoms with Crippen LogP contribution in [0.1, 0.15) is 0 Å². The summed E-state index contributed by atoms with van der Waals surface area (Å²) in [5, 5.41) is 0. The lowest BCUT2D eigenvalue weighted by molar-refractivity contribution is 0.0277. The van der Waals surface area contributed by atoms with Crippen molar-refractivity contribution in [3.8, 4) is 0 Å². The van der Waals surface area contributed by atoms with Gasteiger partial charge in [0.05, 0.1) is 13.2 Å². The summed E-state index contributed by atoms with van der Waals surface area (Å²) in [6, 6.07) is 0. The first-order valence-electron chi connectivity index (χ1n) is 1.77. The molecule has 1 aliphatic heterocycles. The molecule has 0 radical (unpaired) electrons. The zero-order valence-corrected chi connectivity index (χ0v) is 3.94. The van der Waals surface area contributed by atoms with Crippen molar-refractivity contribution >= 4 is 11.6 Å². The summed E-state index contributed by atoms with van der Waals surface area (Å²) in [7, 11) is 0. The van der Waals surface area contributed by atoms with Gasteiger partial charge in [-0.1, -0.05) is 11.6 Å². The monoisotopic (exact) mass is 108 g/mol. The summed E-state index contributed by atoms with van der Waals surface area (Å²) in [6.45, 7) is 1.27. The van der Waals surface area contributed by atoms with Crippen molar-refractivity contribution in [1.82, 2.24) is 0 Å². The lowest BCUT2D eigenvalue weighted by atomic mass is 10.8. The second-order valence-electron chi connectivity index (χ2n) is 1.02. The summed E-state index contributed by atoms with van der Waals surface area (Å²) in [5.41, 5.74) is 0. The van der Waals surface area contributed by atoms with E-state index in [0.717, 1.165) is 0 Å². The van der Waals surface area contributed by atoms with Crippen LogP contribution in [-0.4, -0.2) is 19.0 Å². The van der Waals surface area contributed by atoms with Crippen molar-refractivity contribution in [2.24, 2.45) is 0 Å². The third-order valence-electron chi connectivity index (χ3n) is 0.581. The molecule has 1 saturated heterocycles. The number of rotatable bonds is 0. The normalized spacial score (nSPS) is 25.5. The average Bonchev–Trinajstić information content (AvgIpc) is 1.86. The minimum Gasteiger partial charge on any atom is -0.337 e. The van der Waals surface area contributed by atoms with Gasteiger partial charge in [0.25, 0.3) is 0 Å². The molecular formula is C3H5ClO2. The van der Waals surface area contributed by atoms with E-state index < -0.39 is 5.75 Å². The highest BCUT2D eigenvalue weighted by atomic mass is 35.5. The second kappa shape index (κ2) is 1.78. The highest BCUT2D eigenvalue weighted by Crippen LogP contribution is 2.05. The Hall–Kier alpha value is 0.210. The molecule has 1 fully saturated rings. The lowest BCUT2D eigenvalue weighted by Crippen LogP contribution is -1.93. The van der Waals surface area contributed by atoms with Gasteiger partial charge >= 0.3 is 0 Å². The van der Waals surface area contributed by atoms with Gasteiger partial charge in [0.15, 0.2) is 0 Å². The summed E-state index contributed by atoms with van der Waals surface area (Å²) in [5.74, 6) is -0.481. The van der Waals surface area contributed by atoms with Gasteiger partial charge < -0.3 is 9.47 Å². The van der Waals surface area contributed by atoms with Gasteiger partial charge in [-0.15, -0.1) is 0 Å². The maximum absolute atomic E-state index is 5.27. The molecule has 0 aromatic carbocycles. The predicted octanol–water partition coefficient (Wildman–Crippen LogP) is 0.556. The van der Waals surface area contributed by atoms with E-state index in [-0.39, 0.29) is 0 Å². The summed E-state index contributed by atoms with van der Waals surface area (Å²) in [6.07, 6.45) is 0. The Morgan fingerprint density at radius 2 is 1.83 bits per heavy atom. The fourth-order valence-corrected chi connectivity index (χ4v) is 0.508.